The molecule has 3 aromatic rings. The van der Waals surface area contributed by atoms with E-state index in [9.17, 15) is 13.2 Å². The normalized spacial score (nSPS) is 14.3. The van der Waals surface area contributed by atoms with Gasteiger partial charge in [-0.3, -0.25) is 4.98 Å². The van der Waals surface area contributed by atoms with E-state index in [1.54, 1.807) is 6.20 Å². The number of nitrogens with one attached hydrogen (secondary N) is 1. The Bertz CT molecular complexity index is 1020. The van der Waals surface area contributed by atoms with Gasteiger partial charge in [-0.1, -0.05) is 24.3 Å². The first-order chi connectivity index (χ1) is 14.4. The molecule has 0 radical (unpaired) electrons. The number of ether oxygens (including phenoxy) is 2. The van der Waals surface area contributed by atoms with E-state index in [2.05, 4.69) is 20.3 Å². The van der Waals surface area contributed by atoms with E-state index in [4.69, 9.17) is 9.47 Å². The summed E-state index contributed by atoms with van der Waals surface area (Å²) < 4.78 is 49.9. The summed E-state index contributed by atoms with van der Waals surface area (Å²) in [7, 11) is 0. The molecule has 4 rings (SSSR count). The number of hydrogen-bond donors (Lipinski definition) is 1. The van der Waals surface area contributed by atoms with Gasteiger partial charge in [-0.2, -0.15) is 18.2 Å². The third kappa shape index (κ3) is 4.51. The lowest BCUT2D eigenvalue weighted by Gasteiger charge is -2.27. The second kappa shape index (κ2) is 8.27. The third-order valence-electron chi connectivity index (χ3n) is 4.63. The average molecular weight is 416 g/mol. The fourth-order valence-electron chi connectivity index (χ4n) is 3.00. The van der Waals surface area contributed by atoms with Crippen molar-refractivity contribution in [3.63, 3.8) is 0 Å². The van der Waals surface area contributed by atoms with Gasteiger partial charge in [-0.25, -0.2) is 4.98 Å². The average Bonchev–Trinajstić information content (AvgIpc) is 2.69. The number of pyridine rings is 1. The molecule has 6 nitrogen and oxygen atoms in total. The summed E-state index contributed by atoms with van der Waals surface area (Å²) in [5.41, 5.74) is 2.86. The van der Waals surface area contributed by atoms with Gasteiger partial charge >= 0.3 is 6.18 Å². The molecule has 3 heterocycles. The first kappa shape index (κ1) is 20.1. The third-order valence-corrected chi connectivity index (χ3v) is 4.63. The van der Waals surface area contributed by atoms with E-state index in [1.165, 1.54) is 0 Å². The molecular formula is C21H19F3N4O2. The van der Waals surface area contributed by atoms with Crippen LogP contribution in [0.2, 0.25) is 0 Å². The highest BCUT2D eigenvalue weighted by atomic mass is 19.4. The Kier molecular flexibility index (Phi) is 5.54. The lowest BCUT2D eigenvalue weighted by atomic mass is 10.0. The van der Waals surface area contributed by atoms with E-state index in [-0.39, 0.29) is 19.2 Å². The first-order valence-corrected chi connectivity index (χ1v) is 9.33. The predicted octanol–water partition coefficient (Wildman–Crippen LogP) is 4.26. The number of rotatable bonds is 6. The number of halogens is 3. The van der Waals surface area contributed by atoms with Crippen LogP contribution in [-0.4, -0.2) is 34.3 Å². The molecule has 0 atom stereocenters. The second-order valence-corrected chi connectivity index (χ2v) is 6.91. The minimum absolute atomic E-state index is 0.0599. The van der Waals surface area contributed by atoms with Crippen molar-refractivity contribution >= 4 is 5.95 Å². The number of anilines is 1. The molecule has 1 aromatic carbocycles. The fourth-order valence-corrected chi connectivity index (χ4v) is 3.00. The molecule has 9 heteroatoms. The quantitative estimate of drug-likeness (QED) is 0.648. The Morgan fingerprint density at radius 2 is 2.00 bits per heavy atom. The van der Waals surface area contributed by atoms with E-state index < -0.39 is 23.7 Å². The van der Waals surface area contributed by atoms with Crippen LogP contribution in [0.5, 0.6) is 5.88 Å². The van der Waals surface area contributed by atoms with Gasteiger partial charge in [0.1, 0.15) is 11.7 Å². The van der Waals surface area contributed by atoms with Crippen molar-refractivity contribution in [2.45, 2.75) is 25.7 Å². The van der Waals surface area contributed by atoms with Crippen LogP contribution in [-0.2, 0) is 17.5 Å². The molecule has 1 aliphatic rings. The molecule has 1 fully saturated rings. The van der Waals surface area contributed by atoms with Crippen molar-refractivity contribution in [2.75, 3.05) is 18.5 Å². The summed E-state index contributed by atoms with van der Waals surface area (Å²) in [4.78, 5) is 12.1. The first-order valence-electron chi connectivity index (χ1n) is 9.33. The van der Waals surface area contributed by atoms with Crippen molar-refractivity contribution in [3.05, 3.63) is 65.5 Å². The van der Waals surface area contributed by atoms with Crippen LogP contribution in [0.25, 0.3) is 11.3 Å². The summed E-state index contributed by atoms with van der Waals surface area (Å²) in [5.74, 6) is -0.431. The highest BCUT2D eigenvalue weighted by Gasteiger charge is 2.37. The monoisotopic (exact) mass is 416 g/mol. The van der Waals surface area contributed by atoms with Gasteiger partial charge in [0.25, 0.3) is 0 Å². The summed E-state index contributed by atoms with van der Waals surface area (Å²) in [6, 6.07) is 11.6. The highest BCUT2D eigenvalue weighted by molar-refractivity contribution is 5.63. The van der Waals surface area contributed by atoms with E-state index in [0.29, 0.717) is 6.54 Å². The largest absolute Gasteiger partial charge is 0.469 e. The Morgan fingerprint density at radius 3 is 2.63 bits per heavy atom. The van der Waals surface area contributed by atoms with Crippen LogP contribution >= 0.6 is 0 Å². The standard InChI is InChI=1S/C21H19F3N4O2/c1-13-8-14(5-6-16(13)18-4-2-3-7-25-18)9-26-20-27-10-17(21(22,23)24)19(28-20)30-15-11-29-12-15/h2-8,10,15H,9,11-12H2,1H3,(H,26,27,28). The molecule has 1 N–H and O–H groups in total. The number of hydrogen-bond acceptors (Lipinski definition) is 6. The molecular weight excluding hydrogens is 397 g/mol. The molecule has 1 aliphatic heterocycles. The zero-order valence-electron chi connectivity index (χ0n) is 16.1. The summed E-state index contributed by atoms with van der Waals surface area (Å²) in [6.07, 6.45) is -2.56. The van der Waals surface area contributed by atoms with Crippen LogP contribution in [0.1, 0.15) is 16.7 Å². The number of aryl methyl sites for hydroxylation is 1. The Balaban J connectivity index is 1.49. The van der Waals surface area contributed by atoms with Crippen molar-refractivity contribution in [3.8, 4) is 17.1 Å². The number of benzene rings is 1. The highest BCUT2D eigenvalue weighted by Crippen LogP contribution is 2.36. The molecule has 30 heavy (non-hydrogen) atoms. The van der Waals surface area contributed by atoms with E-state index in [1.807, 2.05) is 43.3 Å². The predicted molar refractivity (Wildman–Crippen MR) is 104 cm³/mol. The van der Waals surface area contributed by atoms with Crippen LogP contribution < -0.4 is 10.1 Å². The number of alkyl halides is 3. The van der Waals surface area contributed by atoms with Gasteiger partial charge < -0.3 is 14.8 Å². The fraction of sp³-hybridized carbons (Fsp3) is 0.286. The molecule has 0 amide bonds. The van der Waals surface area contributed by atoms with E-state index in [0.717, 1.165) is 28.6 Å². The SMILES string of the molecule is Cc1cc(CNc2ncc(C(F)(F)F)c(OC3COC3)n2)ccc1-c1ccccn1. The smallest absolute Gasteiger partial charge is 0.423 e. The van der Waals surface area contributed by atoms with Crippen molar-refractivity contribution in [1.29, 1.82) is 0 Å². The minimum Gasteiger partial charge on any atom is -0.469 e. The van der Waals surface area contributed by atoms with Crippen molar-refractivity contribution < 1.29 is 22.6 Å². The van der Waals surface area contributed by atoms with Gasteiger partial charge in [0.15, 0.2) is 0 Å². The molecule has 0 aliphatic carbocycles. The van der Waals surface area contributed by atoms with Crippen molar-refractivity contribution in [1.82, 2.24) is 15.0 Å². The van der Waals surface area contributed by atoms with Crippen LogP contribution in [0, 0.1) is 6.92 Å². The van der Waals surface area contributed by atoms with E-state index >= 15 is 0 Å². The Morgan fingerprint density at radius 1 is 1.17 bits per heavy atom. The molecule has 0 saturated carbocycles. The van der Waals surface area contributed by atoms with Gasteiger partial charge in [-0.15, -0.1) is 0 Å². The molecule has 1 saturated heterocycles. The van der Waals surface area contributed by atoms with Crippen molar-refractivity contribution in [2.24, 2.45) is 0 Å². The molecule has 156 valence electrons. The zero-order valence-corrected chi connectivity index (χ0v) is 16.1. The maximum atomic E-state index is 13.2. The molecule has 2 aromatic heterocycles. The van der Waals surface area contributed by atoms with Gasteiger partial charge in [-0.05, 0) is 30.2 Å². The van der Waals surface area contributed by atoms with Crippen LogP contribution in [0.15, 0.2) is 48.8 Å². The van der Waals surface area contributed by atoms with Gasteiger partial charge in [0.05, 0.1) is 18.9 Å². The number of aromatic nitrogens is 3. The number of nitrogens with zero attached hydrogens (tertiary/aromatic N) is 3. The van der Waals surface area contributed by atoms with Gasteiger partial charge in [0.2, 0.25) is 11.8 Å². The minimum atomic E-state index is -4.60. The summed E-state index contributed by atoms with van der Waals surface area (Å²) in [5, 5.41) is 2.96. The maximum absolute atomic E-state index is 13.2. The molecule has 0 bridgehead atoms. The van der Waals surface area contributed by atoms with Gasteiger partial charge in [0, 0.05) is 24.5 Å². The second-order valence-electron chi connectivity index (χ2n) is 6.91. The molecule has 0 unspecified atom stereocenters. The van der Waals surface area contributed by atoms with Crippen LogP contribution in [0.3, 0.4) is 0 Å². The van der Waals surface area contributed by atoms with Crippen LogP contribution in [0.4, 0.5) is 19.1 Å². The Labute approximate surface area is 171 Å². The topological polar surface area (TPSA) is 69.2 Å². The lowest BCUT2D eigenvalue weighted by Crippen LogP contribution is -2.39. The Hall–Kier alpha value is -3.20. The summed E-state index contributed by atoms with van der Waals surface area (Å²) >= 11 is 0. The maximum Gasteiger partial charge on any atom is 0.423 e. The molecule has 0 spiro atoms. The zero-order chi connectivity index (χ0) is 21.1. The lowest BCUT2D eigenvalue weighted by molar-refractivity contribution is -0.142. The summed E-state index contributed by atoms with van der Waals surface area (Å²) in [6.45, 7) is 2.81.